The maximum absolute atomic E-state index is 11.6. The molecule has 1 atom stereocenters. The van der Waals surface area contributed by atoms with Crippen LogP contribution in [0.2, 0.25) is 0 Å². The van der Waals surface area contributed by atoms with Crippen LogP contribution in [0.4, 0.5) is 5.82 Å². The van der Waals surface area contributed by atoms with Gasteiger partial charge in [0.2, 0.25) is 5.82 Å². The van der Waals surface area contributed by atoms with Gasteiger partial charge in [0, 0.05) is 6.54 Å². The first-order chi connectivity index (χ1) is 9.63. The fourth-order valence-corrected chi connectivity index (χ4v) is 1.93. The minimum absolute atomic E-state index is 0.0829. The van der Waals surface area contributed by atoms with Gasteiger partial charge in [0.1, 0.15) is 6.04 Å². The summed E-state index contributed by atoms with van der Waals surface area (Å²) < 4.78 is 4.84. The highest BCUT2D eigenvalue weighted by molar-refractivity contribution is 5.91. The third-order valence-corrected chi connectivity index (χ3v) is 2.86. The second kappa shape index (κ2) is 6.13. The van der Waals surface area contributed by atoms with E-state index >= 15 is 0 Å². The summed E-state index contributed by atoms with van der Waals surface area (Å²) in [6, 6.07) is -0.677. The summed E-state index contributed by atoms with van der Waals surface area (Å²) in [4.78, 5) is 29.1. The Morgan fingerprint density at radius 2 is 2.45 bits per heavy atom. The van der Waals surface area contributed by atoms with Crippen LogP contribution in [0, 0.1) is 0 Å². The molecule has 9 heteroatoms. The molecule has 20 heavy (non-hydrogen) atoms. The molecule has 2 heterocycles. The first-order valence-corrected chi connectivity index (χ1v) is 6.25. The van der Waals surface area contributed by atoms with Gasteiger partial charge in [-0.1, -0.05) is 5.22 Å². The highest BCUT2D eigenvalue weighted by atomic mass is 16.5. The lowest BCUT2D eigenvalue weighted by atomic mass is 10.2. The number of H-pyrrole nitrogens is 1. The van der Waals surface area contributed by atoms with Gasteiger partial charge in [0.05, 0.1) is 12.9 Å². The molecule has 0 amide bonds. The Balaban J connectivity index is 2.10. The number of carboxylic acids is 1. The van der Waals surface area contributed by atoms with Crippen molar-refractivity contribution in [3.8, 4) is 0 Å². The fourth-order valence-electron chi connectivity index (χ4n) is 1.93. The average Bonchev–Trinajstić information content (AvgIpc) is 3.05. The Bertz CT molecular complexity index is 527. The van der Waals surface area contributed by atoms with Crippen molar-refractivity contribution >= 4 is 17.8 Å². The minimum atomic E-state index is -0.936. The molecule has 1 aromatic rings. The molecular formula is C11H15N5O4. The van der Waals surface area contributed by atoms with Gasteiger partial charge in [0.25, 0.3) is 0 Å². The summed E-state index contributed by atoms with van der Waals surface area (Å²) in [5.41, 5.74) is 0.0988. The number of aromatic nitrogens is 2. The maximum Gasteiger partial charge on any atom is 0.358 e. The first-order valence-electron chi connectivity index (χ1n) is 6.25. The van der Waals surface area contributed by atoms with Crippen LogP contribution in [0.25, 0.3) is 0 Å². The number of carbonyl (C=O) groups is 2. The third kappa shape index (κ3) is 2.92. The van der Waals surface area contributed by atoms with E-state index in [4.69, 9.17) is 9.84 Å². The zero-order chi connectivity index (χ0) is 14.5. The summed E-state index contributed by atoms with van der Waals surface area (Å²) in [5, 5.41) is 18.1. The number of imidazole rings is 1. The molecule has 2 N–H and O–H groups in total. The van der Waals surface area contributed by atoms with E-state index in [0.717, 1.165) is 6.42 Å². The molecule has 0 spiro atoms. The number of carboxylic acid groups (broad SMARTS) is 1. The SMILES string of the molecule is CCOC(=O)c1[nH]cnc1/N=N/N1CCCC1C(=O)O. The number of hydrogen-bond donors (Lipinski definition) is 2. The molecule has 1 fully saturated rings. The number of nitrogens with one attached hydrogen (secondary N) is 1. The van der Waals surface area contributed by atoms with Gasteiger partial charge in [-0.3, -0.25) is 5.01 Å². The lowest BCUT2D eigenvalue weighted by Gasteiger charge is -2.14. The Labute approximate surface area is 114 Å². The molecule has 1 aliphatic heterocycles. The van der Waals surface area contributed by atoms with Crippen LogP contribution < -0.4 is 0 Å². The quantitative estimate of drug-likeness (QED) is 0.616. The van der Waals surface area contributed by atoms with Crippen molar-refractivity contribution in [2.45, 2.75) is 25.8 Å². The maximum atomic E-state index is 11.6. The summed E-state index contributed by atoms with van der Waals surface area (Å²) in [7, 11) is 0. The average molecular weight is 281 g/mol. The van der Waals surface area contributed by atoms with E-state index in [-0.39, 0.29) is 18.1 Å². The molecule has 9 nitrogen and oxygen atoms in total. The van der Waals surface area contributed by atoms with Crippen molar-refractivity contribution in [1.82, 2.24) is 15.0 Å². The molecule has 0 saturated carbocycles. The van der Waals surface area contributed by atoms with Crippen LogP contribution in [-0.4, -0.2) is 51.2 Å². The highest BCUT2D eigenvalue weighted by Crippen LogP contribution is 2.21. The molecule has 1 unspecified atom stereocenters. The number of aliphatic carboxylic acids is 1. The van der Waals surface area contributed by atoms with Gasteiger partial charge in [-0.15, -0.1) is 5.11 Å². The van der Waals surface area contributed by atoms with E-state index in [1.165, 1.54) is 11.3 Å². The van der Waals surface area contributed by atoms with Crippen LogP contribution in [-0.2, 0) is 9.53 Å². The van der Waals surface area contributed by atoms with Crippen molar-refractivity contribution in [3.05, 3.63) is 12.0 Å². The smallest absolute Gasteiger partial charge is 0.358 e. The van der Waals surface area contributed by atoms with E-state index in [2.05, 4.69) is 20.3 Å². The van der Waals surface area contributed by atoms with E-state index in [1.54, 1.807) is 6.92 Å². The van der Waals surface area contributed by atoms with Gasteiger partial charge >= 0.3 is 11.9 Å². The van der Waals surface area contributed by atoms with E-state index < -0.39 is 18.0 Å². The van der Waals surface area contributed by atoms with Crippen molar-refractivity contribution in [3.63, 3.8) is 0 Å². The van der Waals surface area contributed by atoms with E-state index in [1.807, 2.05) is 0 Å². The summed E-state index contributed by atoms with van der Waals surface area (Å²) >= 11 is 0. The Hall–Kier alpha value is -2.45. The molecule has 1 saturated heterocycles. The second-order valence-corrected chi connectivity index (χ2v) is 4.17. The number of esters is 1. The summed E-state index contributed by atoms with van der Waals surface area (Å²) in [6.45, 7) is 2.44. The van der Waals surface area contributed by atoms with Gasteiger partial charge < -0.3 is 14.8 Å². The number of carbonyl (C=O) groups excluding carboxylic acids is 1. The monoisotopic (exact) mass is 281 g/mol. The zero-order valence-electron chi connectivity index (χ0n) is 10.9. The predicted molar refractivity (Wildman–Crippen MR) is 66.4 cm³/mol. The van der Waals surface area contributed by atoms with Gasteiger partial charge in [-0.05, 0) is 19.8 Å². The molecule has 0 radical (unpaired) electrons. The Morgan fingerprint density at radius 3 is 3.15 bits per heavy atom. The largest absolute Gasteiger partial charge is 0.480 e. The van der Waals surface area contributed by atoms with Gasteiger partial charge in [-0.25, -0.2) is 14.6 Å². The Kier molecular flexibility index (Phi) is 4.28. The molecule has 1 aliphatic rings. The molecule has 108 valence electrons. The Morgan fingerprint density at radius 1 is 1.65 bits per heavy atom. The summed E-state index contributed by atoms with van der Waals surface area (Å²) in [6.07, 6.45) is 2.57. The number of ether oxygens (including phenoxy) is 1. The number of rotatable bonds is 5. The molecule has 0 bridgehead atoms. The van der Waals surface area contributed by atoms with Crippen molar-refractivity contribution < 1.29 is 19.4 Å². The normalized spacial score (nSPS) is 18.6. The number of aromatic amines is 1. The number of nitrogens with zero attached hydrogens (tertiary/aromatic N) is 4. The molecular weight excluding hydrogens is 266 g/mol. The van der Waals surface area contributed by atoms with Crippen molar-refractivity contribution in [1.29, 1.82) is 0 Å². The topological polar surface area (TPSA) is 120 Å². The molecule has 0 aromatic carbocycles. The van der Waals surface area contributed by atoms with Crippen LogP contribution >= 0.6 is 0 Å². The van der Waals surface area contributed by atoms with Crippen LogP contribution in [0.3, 0.4) is 0 Å². The highest BCUT2D eigenvalue weighted by Gasteiger charge is 2.30. The predicted octanol–water partition coefficient (Wildman–Crippen LogP) is 1.13. The molecule has 1 aromatic heterocycles. The standard InChI is InChI=1S/C11H15N5O4/c1-2-20-11(19)8-9(13-6-12-8)14-15-16-5-3-4-7(16)10(17)18/h6-7H,2-5H2,1H3,(H,12,13)(H,17,18)/b15-14+. The molecule has 2 rings (SSSR count). The number of hydrogen-bond acceptors (Lipinski definition) is 6. The van der Waals surface area contributed by atoms with Crippen molar-refractivity contribution in [2.75, 3.05) is 13.2 Å². The molecule has 0 aliphatic carbocycles. The van der Waals surface area contributed by atoms with E-state index in [0.29, 0.717) is 13.0 Å². The third-order valence-electron chi connectivity index (χ3n) is 2.86. The lowest BCUT2D eigenvalue weighted by Crippen LogP contribution is -2.31. The fraction of sp³-hybridized carbons (Fsp3) is 0.545. The first kappa shape index (κ1) is 14.0. The summed E-state index contributed by atoms with van der Waals surface area (Å²) in [5.74, 6) is -1.43. The van der Waals surface area contributed by atoms with Crippen molar-refractivity contribution in [2.24, 2.45) is 10.3 Å². The second-order valence-electron chi connectivity index (χ2n) is 4.17. The van der Waals surface area contributed by atoms with Gasteiger partial charge in [0.15, 0.2) is 5.69 Å². The van der Waals surface area contributed by atoms with Gasteiger partial charge in [-0.2, -0.15) is 0 Å². The van der Waals surface area contributed by atoms with E-state index in [9.17, 15) is 9.59 Å². The minimum Gasteiger partial charge on any atom is -0.480 e. The van der Waals surface area contributed by atoms with Crippen LogP contribution in [0.15, 0.2) is 16.7 Å². The van der Waals surface area contributed by atoms with Crippen LogP contribution in [0.5, 0.6) is 0 Å². The lowest BCUT2D eigenvalue weighted by molar-refractivity contribution is -0.142. The zero-order valence-corrected chi connectivity index (χ0v) is 10.9. The van der Waals surface area contributed by atoms with Crippen LogP contribution in [0.1, 0.15) is 30.3 Å².